The largest absolute Gasteiger partial charge is 0.482 e. The molecule has 0 aliphatic carbocycles. The first-order valence-corrected chi connectivity index (χ1v) is 11.2. The number of nitrogens with zero attached hydrogens (tertiary/aromatic N) is 2. The number of amides is 1. The summed E-state index contributed by atoms with van der Waals surface area (Å²) in [7, 11) is 0. The number of aryl methyl sites for hydroxylation is 1. The summed E-state index contributed by atoms with van der Waals surface area (Å²) >= 11 is 1.64. The topological polar surface area (TPSA) is 68.7 Å². The minimum Gasteiger partial charge on any atom is -0.482 e. The molecule has 2 aromatic rings. The zero-order valence-electron chi connectivity index (χ0n) is 17.1. The number of rotatable bonds is 10. The van der Waals surface area contributed by atoms with Gasteiger partial charge in [0.25, 0.3) is 5.91 Å². The molecule has 6 nitrogen and oxygen atoms in total. The van der Waals surface area contributed by atoms with Crippen molar-refractivity contribution in [2.45, 2.75) is 52.4 Å². The molecule has 29 heavy (non-hydrogen) atoms. The van der Waals surface area contributed by atoms with Gasteiger partial charge in [0, 0.05) is 10.9 Å². The molecule has 3 rings (SSSR count). The Balaban J connectivity index is 1.71. The summed E-state index contributed by atoms with van der Waals surface area (Å²) in [5.74, 6) is -0.0531. The SMILES string of the molecule is CCCCCCOC(=O)CN1C(=O)COc2ccc(-c3csc(CCC)n3)cc21. The lowest BCUT2D eigenvalue weighted by atomic mass is 10.1. The second-order valence-electron chi connectivity index (χ2n) is 7.11. The van der Waals surface area contributed by atoms with E-state index in [0.29, 0.717) is 18.0 Å². The molecule has 1 aliphatic heterocycles. The molecular formula is C22H28N2O4S. The predicted molar refractivity (Wildman–Crippen MR) is 114 cm³/mol. The molecule has 2 heterocycles. The number of hydrogen-bond acceptors (Lipinski definition) is 6. The minimum absolute atomic E-state index is 0.0759. The van der Waals surface area contributed by atoms with Crippen molar-refractivity contribution in [1.29, 1.82) is 0 Å². The van der Waals surface area contributed by atoms with Gasteiger partial charge in [0.05, 0.1) is 23.0 Å². The van der Waals surface area contributed by atoms with Crippen LogP contribution in [0.25, 0.3) is 11.3 Å². The number of thiazole rings is 1. The van der Waals surface area contributed by atoms with Crippen molar-refractivity contribution in [3.8, 4) is 17.0 Å². The number of carbonyl (C=O) groups is 2. The molecule has 0 unspecified atom stereocenters. The highest BCUT2D eigenvalue weighted by Gasteiger charge is 2.28. The highest BCUT2D eigenvalue weighted by atomic mass is 32.1. The summed E-state index contributed by atoms with van der Waals surface area (Å²) < 4.78 is 10.9. The summed E-state index contributed by atoms with van der Waals surface area (Å²) in [6.07, 6.45) is 6.16. The van der Waals surface area contributed by atoms with Crippen LogP contribution in [0.1, 0.15) is 51.0 Å². The number of ether oxygens (including phenoxy) is 2. The lowest BCUT2D eigenvalue weighted by molar-refractivity contribution is -0.143. The van der Waals surface area contributed by atoms with Crippen LogP contribution >= 0.6 is 11.3 Å². The van der Waals surface area contributed by atoms with E-state index >= 15 is 0 Å². The number of carbonyl (C=O) groups excluding carboxylic acids is 2. The lowest BCUT2D eigenvalue weighted by Gasteiger charge is -2.29. The summed E-state index contributed by atoms with van der Waals surface area (Å²) in [6, 6.07) is 5.63. The minimum atomic E-state index is -0.396. The molecular weight excluding hydrogens is 388 g/mol. The van der Waals surface area contributed by atoms with Gasteiger partial charge in [-0.2, -0.15) is 0 Å². The molecule has 0 fully saturated rings. The molecule has 0 spiro atoms. The van der Waals surface area contributed by atoms with Gasteiger partial charge in [-0.15, -0.1) is 11.3 Å². The molecule has 0 radical (unpaired) electrons. The first kappa shape index (κ1) is 21.3. The molecule has 156 valence electrons. The Bertz CT molecular complexity index is 849. The molecule has 0 saturated carbocycles. The fourth-order valence-corrected chi connectivity index (χ4v) is 4.11. The van der Waals surface area contributed by atoms with E-state index in [2.05, 4.69) is 18.8 Å². The van der Waals surface area contributed by atoms with Crippen LogP contribution in [0.2, 0.25) is 0 Å². The van der Waals surface area contributed by atoms with E-state index in [1.54, 1.807) is 11.3 Å². The van der Waals surface area contributed by atoms with Crippen LogP contribution in [-0.2, 0) is 20.7 Å². The highest BCUT2D eigenvalue weighted by Crippen LogP contribution is 2.36. The second kappa shape index (κ2) is 10.4. The van der Waals surface area contributed by atoms with E-state index < -0.39 is 5.97 Å². The van der Waals surface area contributed by atoms with Gasteiger partial charge in [-0.05, 0) is 37.5 Å². The number of fused-ring (bicyclic) bond motifs is 1. The Morgan fingerprint density at radius 3 is 2.90 bits per heavy atom. The smallest absolute Gasteiger partial charge is 0.326 e. The van der Waals surface area contributed by atoms with Gasteiger partial charge in [0.15, 0.2) is 6.61 Å². The number of aromatic nitrogens is 1. The van der Waals surface area contributed by atoms with Crippen LogP contribution in [0, 0.1) is 0 Å². The van der Waals surface area contributed by atoms with E-state index in [-0.39, 0.29) is 19.1 Å². The first-order valence-electron chi connectivity index (χ1n) is 10.3. The fourth-order valence-electron chi connectivity index (χ4n) is 3.20. The third kappa shape index (κ3) is 5.56. The van der Waals surface area contributed by atoms with Crippen LogP contribution in [0.4, 0.5) is 5.69 Å². The Hall–Kier alpha value is -2.41. The third-order valence-corrected chi connectivity index (χ3v) is 5.67. The Labute approximate surface area is 175 Å². The number of anilines is 1. The number of hydrogen-bond donors (Lipinski definition) is 0. The Morgan fingerprint density at radius 2 is 2.10 bits per heavy atom. The third-order valence-electron chi connectivity index (χ3n) is 4.76. The van der Waals surface area contributed by atoms with Crippen molar-refractivity contribution in [1.82, 2.24) is 4.98 Å². The quantitative estimate of drug-likeness (QED) is 0.418. The molecule has 1 aliphatic rings. The van der Waals surface area contributed by atoms with Crippen LogP contribution in [0.15, 0.2) is 23.6 Å². The van der Waals surface area contributed by atoms with Gasteiger partial charge in [-0.25, -0.2) is 4.98 Å². The number of esters is 1. The monoisotopic (exact) mass is 416 g/mol. The van der Waals surface area contributed by atoms with Crippen LogP contribution < -0.4 is 9.64 Å². The van der Waals surface area contributed by atoms with Crippen molar-refractivity contribution in [3.05, 3.63) is 28.6 Å². The highest BCUT2D eigenvalue weighted by molar-refractivity contribution is 7.09. The van der Waals surface area contributed by atoms with E-state index in [0.717, 1.165) is 54.8 Å². The number of unbranched alkanes of at least 4 members (excludes halogenated alkanes) is 3. The summed E-state index contributed by atoms with van der Waals surface area (Å²) in [5, 5.41) is 3.11. The van der Waals surface area contributed by atoms with E-state index in [1.165, 1.54) is 4.90 Å². The van der Waals surface area contributed by atoms with Crippen molar-refractivity contribution in [2.75, 3.05) is 24.7 Å². The van der Waals surface area contributed by atoms with Crippen LogP contribution in [-0.4, -0.2) is 36.6 Å². The van der Waals surface area contributed by atoms with Crippen molar-refractivity contribution >= 4 is 28.9 Å². The van der Waals surface area contributed by atoms with E-state index in [9.17, 15) is 9.59 Å². The molecule has 0 saturated heterocycles. The maximum atomic E-state index is 12.4. The van der Waals surface area contributed by atoms with Gasteiger partial charge in [0.1, 0.15) is 12.3 Å². The maximum Gasteiger partial charge on any atom is 0.326 e. The van der Waals surface area contributed by atoms with Crippen LogP contribution in [0.3, 0.4) is 0 Å². The molecule has 0 N–H and O–H groups in total. The molecule has 0 bridgehead atoms. The van der Waals surface area contributed by atoms with Crippen molar-refractivity contribution < 1.29 is 19.1 Å². The first-order chi connectivity index (χ1) is 14.1. The van der Waals surface area contributed by atoms with Crippen molar-refractivity contribution in [3.63, 3.8) is 0 Å². The average Bonchev–Trinajstić information content (AvgIpc) is 3.18. The molecule has 1 aromatic heterocycles. The maximum absolute atomic E-state index is 12.4. The summed E-state index contributed by atoms with van der Waals surface area (Å²) in [4.78, 5) is 30.8. The molecule has 7 heteroatoms. The van der Waals surface area contributed by atoms with Gasteiger partial charge in [-0.3, -0.25) is 14.5 Å². The molecule has 1 aromatic carbocycles. The van der Waals surface area contributed by atoms with Gasteiger partial charge >= 0.3 is 5.97 Å². The Kier molecular flexibility index (Phi) is 7.63. The van der Waals surface area contributed by atoms with E-state index in [1.807, 2.05) is 23.6 Å². The Morgan fingerprint density at radius 1 is 1.24 bits per heavy atom. The normalized spacial score (nSPS) is 13.2. The van der Waals surface area contributed by atoms with Gasteiger partial charge in [-0.1, -0.05) is 33.1 Å². The fraction of sp³-hybridized carbons (Fsp3) is 0.500. The summed E-state index contributed by atoms with van der Waals surface area (Å²) in [6.45, 7) is 4.48. The van der Waals surface area contributed by atoms with Gasteiger partial charge in [0.2, 0.25) is 0 Å². The summed E-state index contributed by atoms with van der Waals surface area (Å²) in [5.41, 5.74) is 2.36. The van der Waals surface area contributed by atoms with Crippen molar-refractivity contribution in [2.24, 2.45) is 0 Å². The predicted octanol–water partition coefficient (Wildman–Crippen LogP) is 4.61. The van der Waals surface area contributed by atoms with Crippen LogP contribution in [0.5, 0.6) is 5.75 Å². The van der Waals surface area contributed by atoms with E-state index in [4.69, 9.17) is 9.47 Å². The average molecular weight is 417 g/mol. The number of benzene rings is 1. The zero-order chi connectivity index (χ0) is 20.6. The lowest BCUT2D eigenvalue weighted by Crippen LogP contribution is -2.42. The van der Waals surface area contributed by atoms with Gasteiger partial charge < -0.3 is 9.47 Å². The molecule has 1 amide bonds. The standard InChI is InChI=1S/C22H28N2O4S/c1-3-5-6-7-11-27-22(26)13-24-18-12-16(9-10-19(18)28-14-21(24)25)17-15-29-20(23-17)8-4-2/h9-10,12,15H,3-8,11,13-14H2,1-2H3. The molecule has 0 atom stereocenters. The second-order valence-corrected chi connectivity index (χ2v) is 8.05. The zero-order valence-corrected chi connectivity index (χ0v) is 17.9.